The highest BCUT2D eigenvalue weighted by atomic mass is 35.5. The van der Waals surface area contributed by atoms with Crippen molar-refractivity contribution in [2.75, 3.05) is 18.0 Å². The normalized spacial score (nSPS) is 26.2. The zero-order valence-electron chi connectivity index (χ0n) is 11.2. The van der Waals surface area contributed by atoms with Gasteiger partial charge in [-0.05, 0) is 38.5 Å². The minimum Gasteiger partial charge on any atom is -0.372 e. The fourth-order valence-electron chi connectivity index (χ4n) is 2.44. The fourth-order valence-corrected chi connectivity index (χ4v) is 2.75. The van der Waals surface area contributed by atoms with Gasteiger partial charge in [0.1, 0.15) is 0 Å². The van der Waals surface area contributed by atoms with Gasteiger partial charge in [0.15, 0.2) is 0 Å². The molecule has 0 aliphatic carbocycles. The van der Waals surface area contributed by atoms with Gasteiger partial charge in [-0.3, -0.25) is 0 Å². The van der Waals surface area contributed by atoms with Gasteiger partial charge < -0.3 is 15.4 Å². The first kappa shape index (κ1) is 13.7. The van der Waals surface area contributed by atoms with Crippen LogP contribution in [-0.2, 0) is 4.74 Å². The van der Waals surface area contributed by atoms with Gasteiger partial charge in [-0.15, -0.1) is 0 Å². The standard InChI is InChI=1S/C14H21ClN2O/c1-9-7-17(8-10(2)18-9)14-5-4-12(11(3)16)6-13(14)15/h4-6,9-11H,7-8,16H2,1-3H3/t9?,10?,11-/m1/s1. The molecule has 1 fully saturated rings. The number of hydrogen-bond acceptors (Lipinski definition) is 3. The van der Waals surface area contributed by atoms with E-state index in [4.69, 9.17) is 22.1 Å². The third-order valence-electron chi connectivity index (χ3n) is 3.26. The molecule has 0 amide bonds. The first-order chi connectivity index (χ1) is 8.47. The van der Waals surface area contributed by atoms with Gasteiger partial charge in [-0.2, -0.15) is 0 Å². The number of rotatable bonds is 2. The zero-order valence-corrected chi connectivity index (χ0v) is 11.9. The second-order valence-corrected chi connectivity index (χ2v) is 5.57. The molecule has 2 rings (SSSR count). The number of benzene rings is 1. The number of anilines is 1. The summed E-state index contributed by atoms with van der Waals surface area (Å²) >= 11 is 6.36. The molecule has 0 bridgehead atoms. The predicted molar refractivity (Wildman–Crippen MR) is 76.3 cm³/mol. The molecule has 2 unspecified atom stereocenters. The largest absolute Gasteiger partial charge is 0.372 e. The van der Waals surface area contributed by atoms with Crippen LogP contribution in [0.15, 0.2) is 18.2 Å². The van der Waals surface area contributed by atoms with Crippen LogP contribution in [0.1, 0.15) is 32.4 Å². The van der Waals surface area contributed by atoms with E-state index in [1.165, 1.54) is 0 Å². The van der Waals surface area contributed by atoms with E-state index in [9.17, 15) is 0 Å². The molecule has 100 valence electrons. The second kappa shape index (κ2) is 5.47. The molecule has 0 spiro atoms. The lowest BCUT2D eigenvalue weighted by atomic mass is 10.1. The highest BCUT2D eigenvalue weighted by Crippen LogP contribution is 2.30. The minimum atomic E-state index is 0.0130. The van der Waals surface area contributed by atoms with Crippen molar-refractivity contribution in [2.24, 2.45) is 5.73 Å². The van der Waals surface area contributed by atoms with Crippen molar-refractivity contribution < 1.29 is 4.74 Å². The molecular weight excluding hydrogens is 248 g/mol. The maximum atomic E-state index is 6.36. The van der Waals surface area contributed by atoms with Crippen LogP contribution >= 0.6 is 11.6 Å². The Bertz CT molecular complexity index is 412. The van der Waals surface area contributed by atoms with Crippen molar-refractivity contribution in [3.63, 3.8) is 0 Å². The fraction of sp³-hybridized carbons (Fsp3) is 0.571. The molecule has 3 nitrogen and oxygen atoms in total. The summed E-state index contributed by atoms with van der Waals surface area (Å²) < 4.78 is 5.73. The number of nitrogens with two attached hydrogens (primary N) is 1. The number of halogens is 1. The molecule has 2 N–H and O–H groups in total. The van der Waals surface area contributed by atoms with Gasteiger partial charge in [0, 0.05) is 19.1 Å². The smallest absolute Gasteiger partial charge is 0.0726 e. The average molecular weight is 269 g/mol. The summed E-state index contributed by atoms with van der Waals surface area (Å²) in [5.41, 5.74) is 8.00. The molecule has 1 aromatic rings. The summed E-state index contributed by atoms with van der Waals surface area (Å²) in [5.74, 6) is 0. The lowest BCUT2D eigenvalue weighted by molar-refractivity contribution is -0.00520. The van der Waals surface area contributed by atoms with Crippen LogP contribution in [0.5, 0.6) is 0 Å². The van der Waals surface area contributed by atoms with Gasteiger partial charge >= 0.3 is 0 Å². The van der Waals surface area contributed by atoms with Crippen molar-refractivity contribution >= 4 is 17.3 Å². The minimum absolute atomic E-state index is 0.0130. The summed E-state index contributed by atoms with van der Waals surface area (Å²) in [6.45, 7) is 7.90. The number of ether oxygens (including phenoxy) is 1. The highest BCUT2D eigenvalue weighted by molar-refractivity contribution is 6.33. The Labute approximate surface area is 114 Å². The van der Waals surface area contributed by atoms with Crippen LogP contribution in [0.4, 0.5) is 5.69 Å². The van der Waals surface area contributed by atoms with Gasteiger partial charge in [0.05, 0.1) is 22.9 Å². The van der Waals surface area contributed by atoms with E-state index in [0.29, 0.717) is 0 Å². The van der Waals surface area contributed by atoms with Crippen molar-refractivity contribution in [3.8, 4) is 0 Å². The first-order valence-corrected chi connectivity index (χ1v) is 6.80. The van der Waals surface area contributed by atoms with E-state index in [-0.39, 0.29) is 18.2 Å². The molecule has 1 heterocycles. The van der Waals surface area contributed by atoms with Gasteiger partial charge in [0.2, 0.25) is 0 Å². The quantitative estimate of drug-likeness (QED) is 0.896. The Kier molecular flexibility index (Phi) is 4.15. The lowest BCUT2D eigenvalue weighted by Gasteiger charge is -2.37. The van der Waals surface area contributed by atoms with E-state index in [1.54, 1.807) is 0 Å². The lowest BCUT2D eigenvalue weighted by Crippen LogP contribution is -2.45. The maximum Gasteiger partial charge on any atom is 0.0726 e. The summed E-state index contributed by atoms with van der Waals surface area (Å²) in [6.07, 6.45) is 0.468. The second-order valence-electron chi connectivity index (χ2n) is 5.16. The van der Waals surface area contributed by atoms with Crippen molar-refractivity contribution in [2.45, 2.75) is 39.0 Å². The molecule has 1 aliphatic heterocycles. The number of morpholine rings is 1. The molecule has 18 heavy (non-hydrogen) atoms. The molecule has 1 saturated heterocycles. The van der Waals surface area contributed by atoms with E-state index in [0.717, 1.165) is 29.4 Å². The van der Waals surface area contributed by atoms with Crippen molar-refractivity contribution in [3.05, 3.63) is 28.8 Å². The van der Waals surface area contributed by atoms with Crippen LogP contribution < -0.4 is 10.6 Å². The number of hydrogen-bond donors (Lipinski definition) is 1. The Morgan fingerprint density at radius 2 is 1.94 bits per heavy atom. The van der Waals surface area contributed by atoms with Crippen LogP contribution in [-0.4, -0.2) is 25.3 Å². The van der Waals surface area contributed by atoms with E-state index in [1.807, 2.05) is 13.0 Å². The predicted octanol–water partition coefficient (Wildman–Crippen LogP) is 2.97. The summed E-state index contributed by atoms with van der Waals surface area (Å²) in [5, 5.41) is 0.770. The summed E-state index contributed by atoms with van der Waals surface area (Å²) in [7, 11) is 0. The molecule has 0 radical (unpaired) electrons. The van der Waals surface area contributed by atoms with E-state index in [2.05, 4.69) is 30.9 Å². The molecule has 1 aromatic carbocycles. The topological polar surface area (TPSA) is 38.5 Å². The van der Waals surface area contributed by atoms with E-state index < -0.39 is 0 Å². The maximum absolute atomic E-state index is 6.36. The van der Waals surface area contributed by atoms with Crippen LogP contribution in [0.2, 0.25) is 5.02 Å². The number of nitrogens with zero attached hydrogens (tertiary/aromatic N) is 1. The molecule has 0 aromatic heterocycles. The Balaban J connectivity index is 2.22. The summed E-state index contributed by atoms with van der Waals surface area (Å²) in [4.78, 5) is 2.28. The SMILES string of the molecule is CC1CN(c2ccc([C@@H](C)N)cc2Cl)CC(C)O1. The molecular formula is C14H21ClN2O. The van der Waals surface area contributed by atoms with Gasteiger partial charge in [-0.1, -0.05) is 17.7 Å². The summed E-state index contributed by atoms with van der Waals surface area (Å²) in [6, 6.07) is 6.09. The van der Waals surface area contributed by atoms with Crippen molar-refractivity contribution in [1.29, 1.82) is 0 Å². The van der Waals surface area contributed by atoms with Gasteiger partial charge in [-0.25, -0.2) is 0 Å². The molecule has 1 aliphatic rings. The molecule has 0 saturated carbocycles. The van der Waals surface area contributed by atoms with Gasteiger partial charge in [0.25, 0.3) is 0 Å². The molecule has 3 atom stereocenters. The Morgan fingerprint density at radius 3 is 2.44 bits per heavy atom. The monoisotopic (exact) mass is 268 g/mol. The third kappa shape index (κ3) is 2.97. The first-order valence-electron chi connectivity index (χ1n) is 6.43. The van der Waals surface area contributed by atoms with Crippen LogP contribution in [0.25, 0.3) is 0 Å². The highest BCUT2D eigenvalue weighted by Gasteiger charge is 2.23. The van der Waals surface area contributed by atoms with Crippen LogP contribution in [0, 0.1) is 0 Å². The van der Waals surface area contributed by atoms with Crippen LogP contribution in [0.3, 0.4) is 0 Å². The van der Waals surface area contributed by atoms with E-state index >= 15 is 0 Å². The average Bonchev–Trinajstić information content (AvgIpc) is 2.27. The third-order valence-corrected chi connectivity index (χ3v) is 3.56. The Morgan fingerprint density at radius 1 is 1.33 bits per heavy atom. The zero-order chi connectivity index (χ0) is 13.3. The van der Waals surface area contributed by atoms with Crippen molar-refractivity contribution in [1.82, 2.24) is 0 Å². The molecule has 4 heteroatoms. The Hall–Kier alpha value is -0.770.